The summed E-state index contributed by atoms with van der Waals surface area (Å²) < 4.78 is 0. The minimum atomic E-state index is 0.351. The number of anilines is 1. The third-order valence-electron chi connectivity index (χ3n) is 3.34. The van der Waals surface area contributed by atoms with E-state index in [4.69, 9.17) is 11.6 Å². The lowest BCUT2D eigenvalue weighted by Crippen LogP contribution is -2.34. The summed E-state index contributed by atoms with van der Waals surface area (Å²) in [5.74, 6) is 0.981. The van der Waals surface area contributed by atoms with Crippen LogP contribution in [-0.4, -0.2) is 22.1 Å². The summed E-state index contributed by atoms with van der Waals surface area (Å²) in [7, 11) is 0. The Hall–Kier alpha value is -0.830. The van der Waals surface area contributed by atoms with Crippen LogP contribution in [0.2, 0.25) is 5.28 Å². The average molecular weight is 240 g/mol. The highest BCUT2D eigenvalue weighted by molar-refractivity contribution is 6.28. The summed E-state index contributed by atoms with van der Waals surface area (Å²) in [4.78, 5) is 10.8. The Bertz CT molecular complexity index is 360. The first-order chi connectivity index (χ1) is 7.61. The molecule has 2 rings (SSSR count). The molecule has 2 atom stereocenters. The van der Waals surface area contributed by atoms with Gasteiger partial charge in [-0.2, -0.15) is 0 Å². The molecule has 1 aromatic heterocycles. The summed E-state index contributed by atoms with van der Waals surface area (Å²) in [6.07, 6.45) is 3.64. The Kier molecular flexibility index (Phi) is 3.33. The molecule has 1 aliphatic heterocycles. The standard InChI is InChI=1S/C12H18ClN3/c1-4-10-6-5-9(3)16(10)11-7-8(2)14-12(13)15-11/h7,9-10H,4-6H2,1-3H3. The van der Waals surface area contributed by atoms with E-state index in [0.717, 1.165) is 17.9 Å². The Balaban J connectivity index is 2.34. The van der Waals surface area contributed by atoms with Gasteiger partial charge < -0.3 is 4.90 Å². The molecule has 1 aliphatic rings. The van der Waals surface area contributed by atoms with Crippen LogP contribution in [0.15, 0.2) is 6.07 Å². The van der Waals surface area contributed by atoms with Gasteiger partial charge in [-0.15, -0.1) is 0 Å². The Morgan fingerprint density at radius 2 is 2.19 bits per heavy atom. The van der Waals surface area contributed by atoms with Crippen LogP contribution in [0.1, 0.15) is 38.8 Å². The van der Waals surface area contributed by atoms with Gasteiger partial charge in [-0.25, -0.2) is 9.97 Å². The largest absolute Gasteiger partial charge is 0.351 e. The summed E-state index contributed by atoms with van der Waals surface area (Å²) in [5.41, 5.74) is 0.934. The summed E-state index contributed by atoms with van der Waals surface area (Å²) >= 11 is 5.92. The van der Waals surface area contributed by atoms with Crippen molar-refractivity contribution in [2.24, 2.45) is 0 Å². The molecular weight excluding hydrogens is 222 g/mol. The van der Waals surface area contributed by atoms with E-state index in [1.54, 1.807) is 0 Å². The van der Waals surface area contributed by atoms with Crippen LogP contribution in [0.4, 0.5) is 5.82 Å². The van der Waals surface area contributed by atoms with E-state index in [9.17, 15) is 0 Å². The highest BCUT2D eigenvalue weighted by atomic mass is 35.5. The molecular formula is C12H18ClN3. The van der Waals surface area contributed by atoms with Gasteiger partial charge in [0.2, 0.25) is 5.28 Å². The van der Waals surface area contributed by atoms with Crippen molar-refractivity contribution in [2.45, 2.75) is 52.1 Å². The highest BCUT2D eigenvalue weighted by Gasteiger charge is 2.30. The second kappa shape index (κ2) is 4.58. The molecule has 0 amide bonds. The van der Waals surface area contributed by atoms with Crippen LogP contribution in [0.25, 0.3) is 0 Å². The third-order valence-corrected chi connectivity index (χ3v) is 3.50. The first-order valence-corrected chi connectivity index (χ1v) is 6.29. The van der Waals surface area contributed by atoms with E-state index in [-0.39, 0.29) is 0 Å². The van der Waals surface area contributed by atoms with Gasteiger partial charge >= 0.3 is 0 Å². The lowest BCUT2D eigenvalue weighted by atomic mass is 10.1. The molecule has 0 bridgehead atoms. The van der Waals surface area contributed by atoms with Gasteiger partial charge in [-0.05, 0) is 44.7 Å². The fraction of sp³-hybridized carbons (Fsp3) is 0.667. The van der Waals surface area contributed by atoms with Gasteiger partial charge in [0.15, 0.2) is 0 Å². The number of aryl methyl sites for hydroxylation is 1. The lowest BCUT2D eigenvalue weighted by molar-refractivity contribution is 0.620. The van der Waals surface area contributed by atoms with Crippen molar-refractivity contribution in [3.63, 3.8) is 0 Å². The maximum absolute atomic E-state index is 5.92. The number of aromatic nitrogens is 2. The fourth-order valence-corrected chi connectivity index (χ4v) is 2.75. The van der Waals surface area contributed by atoms with Crippen LogP contribution in [0.3, 0.4) is 0 Å². The van der Waals surface area contributed by atoms with Crippen molar-refractivity contribution in [1.29, 1.82) is 0 Å². The molecule has 1 aromatic rings. The zero-order valence-electron chi connectivity index (χ0n) is 10.1. The number of rotatable bonds is 2. The van der Waals surface area contributed by atoms with Crippen molar-refractivity contribution >= 4 is 17.4 Å². The molecule has 3 nitrogen and oxygen atoms in total. The van der Waals surface area contributed by atoms with Gasteiger partial charge in [-0.3, -0.25) is 0 Å². The Morgan fingerprint density at radius 3 is 2.81 bits per heavy atom. The second-order valence-corrected chi connectivity index (χ2v) is 4.87. The SMILES string of the molecule is CCC1CCC(C)N1c1cc(C)nc(Cl)n1. The van der Waals surface area contributed by atoms with Crippen LogP contribution in [-0.2, 0) is 0 Å². The molecule has 0 aliphatic carbocycles. The fourth-order valence-electron chi connectivity index (χ4n) is 2.53. The highest BCUT2D eigenvalue weighted by Crippen LogP contribution is 2.31. The zero-order chi connectivity index (χ0) is 11.7. The molecule has 2 heterocycles. The van der Waals surface area contributed by atoms with Gasteiger partial charge in [0, 0.05) is 23.8 Å². The smallest absolute Gasteiger partial charge is 0.224 e. The van der Waals surface area contributed by atoms with Crippen LogP contribution >= 0.6 is 11.6 Å². The Labute approximate surface area is 102 Å². The predicted molar refractivity (Wildman–Crippen MR) is 67.0 cm³/mol. The van der Waals surface area contributed by atoms with Crippen LogP contribution in [0.5, 0.6) is 0 Å². The molecule has 0 N–H and O–H groups in total. The molecule has 0 radical (unpaired) electrons. The zero-order valence-corrected chi connectivity index (χ0v) is 10.8. The quantitative estimate of drug-likeness (QED) is 0.743. The van der Waals surface area contributed by atoms with Gasteiger partial charge in [-0.1, -0.05) is 6.92 Å². The number of halogens is 1. The lowest BCUT2D eigenvalue weighted by Gasteiger charge is -2.29. The molecule has 2 unspecified atom stereocenters. The molecule has 88 valence electrons. The van der Waals surface area contributed by atoms with Gasteiger partial charge in [0.1, 0.15) is 5.82 Å². The van der Waals surface area contributed by atoms with E-state index >= 15 is 0 Å². The molecule has 4 heteroatoms. The summed E-state index contributed by atoms with van der Waals surface area (Å²) in [6.45, 7) is 6.44. The summed E-state index contributed by atoms with van der Waals surface area (Å²) in [6, 6.07) is 3.17. The first-order valence-electron chi connectivity index (χ1n) is 5.91. The first kappa shape index (κ1) is 11.6. The van der Waals surface area contributed by atoms with Crippen molar-refractivity contribution in [3.8, 4) is 0 Å². The second-order valence-electron chi connectivity index (χ2n) is 4.53. The molecule has 1 saturated heterocycles. The van der Waals surface area contributed by atoms with Crippen LogP contribution in [0, 0.1) is 6.92 Å². The van der Waals surface area contributed by atoms with E-state index in [1.807, 2.05) is 13.0 Å². The normalized spacial score (nSPS) is 25.1. The van der Waals surface area contributed by atoms with Crippen molar-refractivity contribution in [1.82, 2.24) is 9.97 Å². The van der Waals surface area contributed by atoms with Crippen LogP contribution < -0.4 is 4.90 Å². The number of hydrogen-bond acceptors (Lipinski definition) is 3. The summed E-state index contributed by atoms with van der Waals surface area (Å²) in [5, 5.41) is 0.351. The Morgan fingerprint density at radius 1 is 1.44 bits per heavy atom. The molecule has 0 spiro atoms. The third kappa shape index (κ3) is 2.14. The molecule has 1 fully saturated rings. The van der Waals surface area contributed by atoms with Gasteiger partial charge in [0.05, 0.1) is 0 Å². The average Bonchev–Trinajstić information content (AvgIpc) is 2.58. The molecule has 0 saturated carbocycles. The maximum atomic E-state index is 5.92. The van der Waals surface area contributed by atoms with E-state index in [1.165, 1.54) is 12.8 Å². The van der Waals surface area contributed by atoms with Crippen molar-refractivity contribution in [2.75, 3.05) is 4.90 Å². The topological polar surface area (TPSA) is 29.0 Å². The van der Waals surface area contributed by atoms with E-state index < -0.39 is 0 Å². The minimum Gasteiger partial charge on any atom is -0.351 e. The molecule has 16 heavy (non-hydrogen) atoms. The van der Waals surface area contributed by atoms with Crippen molar-refractivity contribution in [3.05, 3.63) is 17.0 Å². The number of hydrogen-bond donors (Lipinski definition) is 0. The van der Waals surface area contributed by atoms with Gasteiger partial charge in [0.25, 0.3) is 0 Å². The number of nitrogens with zero attached hydrogens (tertiary/aromatic N) is 3. The van der Waals surface area contributed by atoms with E-state index in [0.29, 0.717) is 17.4 Å². The molecule has 0 aromatic carbocycles. The minimum absolute atomic E-state index is 0.351. The predicted octanol–water partition coefficient (Wildman–Crippen LogP) is 3.21. The monoisotopic (exact) mass is 239 g/mol. The van der Waals surface area contributed by atoms with Crippen molar-refractivity contribution < 1.29 is 0 Å². The maximum Gasteiger partial charge on any atom is 0.224 e. The van der Waals surface area contributed by atoms with E-state index in [2.05, 4.69) is 28.7 Å².